The van der Waals surface area contributed by atoms with Gasteiger partial charge < -0.3 is 0 Å². The molecule has 0 saturated carbocycles. The van der Waals surface area contributed by atoms with Crippen LogP contribution in [0.3, 0.4) is 0 Å². The second-order valence-electron chi connectivity index (χ2n) is 8.07. The molecule has 0 aliphatic carbocycles. The third-order valence-electron chi connectivity index (χ3n) is 4.36. The zero-order chi connectivity index (χ0) is 18.7. The second-order valence-corrected chi connectivity index (χ2v) is 9.78. The van der Waals surface area contributed by atoms with Gasteiger partial charge in [0.25, 0.3) is 0 Å². The Morgan fingerprint density at radius 3 is 1.62 bits per heavy atom. The van der Waals surface area contributed by atoms with E-state index < -0.39 is 10.0 Å². The lowest BCUT2D eigenvalue weighted by Gasteiger charge is -2.23. The first kappa shape index (κ1) is 21.2. The number of rotatable bonds is 8. The van der Waals surface area contributed by atoms with E-state index in [9.17, 15) is 8.42 Å². The maximum Gasteiger partial charge on any atom is 0.241 e. The van der Waals surface area contributed by atoms with E-state index in [1.165, 1.54) is 5.56 Å². The van der Waals surface area contributed by atoms with E-state index in [0.717, 1.165) is 17.5 Å². The smallest absolute Gasteiger partial charge is 0.211 e. The van der Waals surface area contributed by atoms with E-state index in [-0.39, 0.29) is 11.8 Å². The van der Waals surface area contributed by atoms with Crippen LogP contribution in [0.5, 0.6) is 0 Å². The largest absolute Gasteiger partial charge is 0.241 e. The Labute approximate surface area is 149 Å². The second kappa shape index (κ2) is 8.48. The van der Waals surface area contributed by atoms with Crippen molar-refractivity contribution < 1.29 is 8.42 Å². The van der Waals surface area contributed by atoms with Gasteiger partial charge in [0, 0.05) is 6.54 Å². The molecule has 0 atom stereocenters. The minimum atomic E-state index is -3.50. The molecule has 1 aromatic rings. The summed E-state index contributed by atoms with van der Waals surface area (Å²) in [5.41, 5.74) is 3.08. The van der Waals surface area contributed by atoms with Gasteiger partial charge in [-0.3, -0.25) is 0 Å². The topological polar surface area (TPSA) is 46.2 Å². The van der Waals surface area contributed by atoms with Gasteiger partial charge in [-0.25, -0.2) is 13.1 Å². The fourth-order valence-electron chi connectivity index (χ4n) is 2.75. The maximum atomic E-state index is 13.0. The van der Waals surface area contributed by atoms with Crippen LogP contribution < -0.4 is 4.72 Å². The summed E-state index contributed by atoms with van der Waals surface area (Å²) in [5.74, 6) is 1.19. The fraction of sp³-hybridized carbons (Fsp3) is 0.700. The van der Waals surface area contributed by atoms with Crippen molar-refractivity contribution >= 4 is 10.0 Å². The SMILES string of the molecule is CC(C)CCNS(=O)(=O)c1c(C(C)C)cc(C(C)C)cc1C(C)C. The molecule has 0 fully saturated rings. The van der Waals surface area contributed by atoms with E-state index in [4.69, 9.17) is 0 Å². The van der Waals surface area contributed by atoms with Crippen molar-refractivity contribution in [2.45, 2.75) is 84.5 Å². The third-order valence-corrected chi connectivity index (χ3v) is 5.95. The lowest BCUT2D eigenvalue weighted by molar-refractivity contribution is 0.548. The summed E-state index contributed by atoms with van der Waals surface area (Å²) in [6.07, 6.45) is 0.845. The molecular formula is C20H35NO2S. The molecule has 0 amide bonds. The highest BCUT2D eigenvalue weighted by molar-refractivity contribution is 7.89. The number of sulfonamides is 1. The Bertz CT molecular complexity index is 615. The average Bonchev–Trinajstić information content (AvgIpc) is 2.44. The molecule has 24 heavy (non-hydrogen) atoms. The molecule has 1 rings (SSSR count). The van der Waals surface area contributed by atoms with Crippen molar-refractivity contribution in [1.82, 2.24) is 4.72 Å². The molecule has 0 spiro atoms. The molecule has 3 nitrogen and oxygen atoms in total. The molecule has 0 bridgehead atoms. The van der Waals surface area contributed by atoms with Crippen LogP contribution in [-0.2, 0) is 10.0 Å². The highest BCUT2D eigenvalue weighted by Crippen LogP contribution is 2.34. The molecule has 0 heterocycles. The van der Waals surface area contributed by atoms with Gasteiger partial charge in [-0.1, -0.05) is 67.5 Å². The Hall–Kier alpha value is -0.870. The predicted octanol–water partition coefficient (Wildman–Crippen LogP) is 5.38. The first-order valence-electron chi connectivity index (χ1n) is 9.14. The molecule has 1 aromatic carbocycles. The molecule has 0 aromatic heterocycles. The molecule has 0 aliphatic heterocycles. The van der Waals surface area contributed by atoms with Gasteiger partial charge >= 0.3 is 0 Å². The summed E-state index contributed by atoms with van der Waals surface area (Å²) >= 11 is 0. The standard InChI is InChI=1S/C20H35NO2S/c1-13(2)9-10-21-24(22,23)20-18(15(5)6)11-17(14(3)4)12-19(20)16(7)8/h11-16,21H,9-10H2,1-8H3. The Morgan fingerprint density at radius 2 is 1.29 bits per heavy atom. The number of benzene rings is 1. The van der Waals surface area contributed by atoms with E-state index in [2.05, 4.69) is 72.2 Å². The summed E-state index contributed by atoms with van der Waals surface area (Å²) in [5, 5.41) is 0. The molecule has 0 aliphatic rings. The molecule has 1 N–H and O–H groups in total. The van der Waals surface area contributed by atoms with Crippen LogP contribution >= 0.6 is 0 Å². The van der Waals surface area contributed by atoms with Crippen molar-refractivity contribution in [2.75, 3.05) is 6.54 Å². The Balaban J connectivity index is 3.48. The van der Waals surface area contributed by atoms with Gasteiger partial charge in [0.05, 0.1) is 4.90 Å². The summed E-state index contributed by atoms with van der Waals surface area (Å²) in [6.45, 7) is 17.3. The quantitative estimate of drug-likeness (QED) is 0.682. The highest BCUT2D eigenvalue weighted by atomic mass is 32.2. The fourth-order valence-corrected chi connectivity index (χ4v) is 4.49. The van der Waals surface area contributed by atoms with Crippen molar-refractivity contribution in [1.29, 1.82) is 0 Å². The molecule has 0 saturated heterocycles. The average molecular weight is 354 g/mol. The van der Waals surface area contributed by atoms with Crippen LogP contribution in [0.1, 0.15) is 96.3 Å². The number of hydrogen-bond acceptors (Lipinski definition) is 2. The minimum Gasteiger partial charge on any atom is -0.211 e. The molecule has 0 unspecified atom stereocenters. The van der Waals surface area contributed by atoms with Crippen LogP contribution in [0.4, 0.5) is 0 Å². The minimum absolute atomic E-state index is 0.165. The van der Waals surface area contributed by atoms with Crippen molar-refractivity contribution in [3.8, 4) is 0 Å². The number of hydrogen-bond donors (Lipinski definition) is 1. The number of nitrogens with one attached hydrogen (secondary N) is 1. The molecule has 0 radical (unpaired) electrons. The maximum absolute atomic E-state index is 13.0. The van der Waals surface area contributed by atoms with Crippen molar-refractivity contribution in [3.63, 3.8) is 0 Å². The lowest BCUT2D eigenvalue weighted by atomic mass is 9.89. The van der Waals surface area contributed by atoms with Crippen molar-refractivity contribution in [3.05, 3.63) is 28.8 Å². The van der Waals surface area contributed by atoms with Crippen LogP contribution in [0.15, 0.2) is 17.0 Å². The third kappa shape index (κ3) is 5.32. The summed E-state index contributed by atoms with van der Waals surface area (Å²) in [4.78, 5) is 0.501. The van der Waals surface area contributed by atoms with Crippen molar-refractivity contribution in [2.24, 2.45) is 5.92 Å². The highest BCUT2D eigenvalue weighted by Gasteiger charge is 2.26. The Morgan fingerprint density at radius 1 is 0.833 bits per heavy atom. The van der Waals surface area contributed by atoms with E-state index in [1.807, 2.05) is 0 Å². The predicted molar refractivity (Wildman–Crippen MR) is 103 cm³/mol. The first-order chi connectivity index (χ1) is 11.0. The summed E-state index contributed by atoms with van der Waals surface area (Å²) < 4.78 is 28.9. The van der Waals surface area contributed by atoms with Gasteiger partial charge in [0.1, 0.15) is 0 Å². The van der Waals surface area contributed by atoms with Gasteiger partial charge in [-0.15, -0.1) is 0 Å². The van der Waals surface area contributed by atoms with E-state index in [0.29, 0.717) is 23.3 Å². The summed E-state index contributed by atoms with van der Waals surface area (Å²) in [6, 6.07) is 4.16. The van der Waals surface area contributed by atoms with Crippen LogP contribution in [0, 0.1) is 5.92 Å². The van der Waals surface area contributed by atoms with E-state index >= 15 is 0 Å². The molecular weight excluding hydrogens is 318 g/mol. The van der Waals surface area contributed by atoms with Crippen LogP contribution in [0.2, 0.25) is 0 Å². The Kier molecular flexibility index (Phi) is 7.48. The monoisotopic (exact) mass is 353 g/mol. The first-order valence-corrected chi connectivity index (χ1v) is 10.6. The molecule has 4 heteroatoms. The van der Waals surface area contributed by atoms with Gasteiger partial charge in [0.15, 0.2) is 0 Å². The molecule has 138 valence electrons. The zero-order valence-corrected chi connectivity index (χ0v) is 17.4. The van der Waals surface area contributed by atoms with Crippen LogP contribution in [-0.4, -0.2) is 15.0 Å². The van der Waals surface area contributed by atoms with Crippen LogP contribution in [0.25, 0.3) is 0 Å². The zero-order valence-electron chi connectivity index (χ0n) is 16.6. The lowest BCUT2D eigenvalue weighted by Crippen LogP contribution is -2.28. The van der Waals surface area contributed by atoms with Gasteiger partial charge in [0.2, 0.25) is 10.0 Å². The van der Waals surface area contributed by atoms with E-state index in [1.54, 1.807) is 0 Å². The normalized spacial score (nSPS) is 12.8. The summed E-state index contributed by atoms with van der Waals surface area (Å²) in [7, 11) is -3.50. The van der Waals surface area contributed by atoms with Gasteiger partial charge in [-0.2, -0.15) is 0 Å². The van der Waals surface area contributed by atoms with Gasteiger partial charge in [-0.05, 0) is 46.8 Å².